The van der Waals surface area contributed by atoms with Crippen molar-refractivity contribution < 1.29 is 14.7 Å². The molecule has 0 spiro atoms. The Labute approximate surface area is 115 Å². The molecular weight excluding hydrogens is 262 g/mol. The molecule has 0 aliphatic heterocycles. The van der Waals surface area contributed by atoms with E-state index in [0.717, 1.165) is 19.3 Å². The number of hydrogen-bond donors (Lipinski definition) is 3. The van der Waals surface area contributed by atoms with E-state index in [2.05, 4.69) is 15.5 Å². The van der Waals surface area contributed by atoms with Gasteiger partial charge >= 0.3 is 5.97 Å². The molecule has 0 aromatic carbocycles. The minimum absolute atomic E-state index is 0.0703. The van der Waals surface area contributed by atoms with Crippen LogP contribution in [0.5, 0.6) is 0 Å². The highest BCUT2D eigenvalue weighted by molar-refractivity contribution is 5.92. The SMILES string of the molecule is O=C(NCC1(C(=O)O)CCCCC1)c1ccc(=O)[nH]n1. The van der Waals surface area contributed by atoms with Crippen LogP contribution in [0.15, 0.2) is 16.9 Å². The number of carbonyl (C=O) groups excluding carboxylic acids is 1. The van der Waals surface area contributed by atoms with Crippen LogP contribution in [0.25, 0.3) is 0 Å². The number of amides is 1. The minimum Gasteiger partial charge on any atom is -0.481 e. The van der Waals surface area contributed by atoms with Gasteiger partial charge in [0.15, 0.2) is 0 Å². The van der Waals surface area contributed by atoms with Crippen molar-refractivity contribution in [2.75, 3.05) is 6.54 Å². The summed E-state index contributed by atoms with van der Waals surface area (Å²) >= 11 is 0. The van der Waals surface area contributed by atoms with E-state index in [1.807, 2.05) is 0 Å². The summed E-state index contributed by atoms with van der Waals surface area (Å²) in [7, 11) is 0. The van der Waals surface area contributed by atoms with Gasteiger partial charge in [0.25, 0.3) is 11.5 Å². The summed E-state index contributed by atoms with van der Waals surface area (Å²) in [6, 6.07) is 2.51. The Balaban J connectivity index is 2.02. The highest BCUT2D eigenvalue weighted by Gasteiger charge is 2.39. The first-order chi connectivity index (χ1) is 9.53. The zero-order chi connectivity index (χ0) is 14.6. The van der Waals surface area contributed by atoms with Crippen LogP contribution in [0.3, 0.4) is 0 Å². The number of aliphatic carboxylic acids is 1. The monoisotopic (exact) mass is 279 g/mol. The van der Waals surface area contributed by atoms with Crippen LogP contribution in [-0.4, -0.2) is 33.7 Å². The van der Waals surface area contributed by atoms with E-state index in [4.69, 9.17) is 0 Å². The van der Waals surface area contributed by atoms with Crippen molar-refractivity contribution in [1.29, 1.82) is 0 Å². The normalized spacial score (nSPS) is 17.4. The summed E-state index contributed by atoms with van der Waals surface area (Å²) in [6.45, 7) is 0.0853. The van der Waals surface area contributed by atoms with Crippen molar-refractivity contribution in [2.24, 2.45) is 5.41 Å². The van der Waals surface area contributed by atoms with Gasteiger partial charge in [-0.3, -0.25) is 14.4 Å². The van der Waals surface area contributed by atoms with Gasteiger partial charge in [0.1, 0.15) is 5.69 Å². The van der Waals surface area contributed by atoms with Crippen LogP contribution >= 0.6 is 0 Å². The fraction of sp³-hybridized carbons (Fsp3) is 0.538. The Morgan fingerprint density at radius 3 is 2.55 bits per heavy atom. The molecule has 108 valence electrons. The molecule has 1 aliphatic rings. The van der Waals surface area contributed by atoms with E-state index in [1.54, 1.807) is 0 Å². The number of aromatic nitrogens is 2. The molecule has 2 rings (SSSR count). The lowest BCUT2D eigenvalue weighted by Crippen LogP contribution is -2.44. The standard InChI is InChI=1S/C13H17N3O4/c17-10-5-4-9(15-16-10)11(18)14-8-13(12(19)20)6-2-1-3-7-13/h4-5H,1-3,6-8H2,(H,14,18)(H,16,17)(H,19,20). The third-order valence-corrected chi connectivity index (χ3v) is 3.76. The van der Waals surface area contributed by atoms with Crippen LogP contribution in [0.2, 0.25) is 0 Å². The van der Waals surface area contributed by atoms with Crippen molar-refractivity contribution in [3.8, 4) is 0 Å². The topological polar surface area (TPSA) is 112 Å². The Morgan fingerprint density at radius 2 is 2.00 bits per heavy atom. The molecule has 0 unspecified atom stereocenters. The second-order valence-corrected chi connectivity index (χ2v) is 5.14. The minimum atomic E-state index is -0.879. The number of carboxylic acids is 1. The number of rotatable bonds is 4. The quantitative estimate of drug-likeness (QED) is 0.744. The largest absolute Gasteiger partial charge is 0.481 e. The van der Waals surface area contributed by atoms with Crippen LogP contribution in [0.1, 0.15) is 42.6 Å². The Hall–Kier alpha value is -2.18. The highest BCUT2D eigenvalue weighted by atomic mass is 16.4. The van der Waals surface area contributed by atoms with Gasteiger partial charge in [-0.1, -0.05) is 19.3 Å². The van der Waals surface area contributed by atoms with Gasteiger partial charge in [0.2, 0.25) is 0 Å². The lowest BCUT2D eigenvalue weighted by molar-refractivity contribution is -0.150. The number of nitrogens with zero attached hydrogens (tertiary/aromatic N) is 1. The number of H-pyrrole nitrogens is 1. The zero-order valence-electron chi connectivity index (χ0n) is 11.0. The molecule has 1 saturated carbocycles. The lowest BCUT2D eigenvalue weighted by Gasteiger charge is -2.33. The molecule has 1 aromatic rings. The van der Waals surface area contributed by atoms with Crippen molar-refractivity contribution in [3.63, 3.8) is 0 Å². The summed E-state index contributed by atoms with van der Waals surface area (Å²) in [6.07, 6.45) is 3.89. The van der Waals surface area contributed by atoms with Gasteiger partial charge in [-0.15, -0.1) is 0 Å². The summed E-state index contributed by atoms with van der Waals surface area (Å²) in [4.78, 5) is 34.2. The number of hydrogen-bond acceptors (Lipinski definition) is 4. The Bertz CT molecular complexity index is 540. The number of carboxylic acid groups (broad SMARTS) is 1. The molecule has 20 heavy (non-hydrogen) atoms. The fourth-order valence-electron chi connectivity index (χ4n) is 2.51. The molecule has 1 fully saturated rings. The summed E-state index contributed by atoms with van der Waals surface area (Å²) in [5, 5.41) is 17.8. The third-order valence-electron chi connectivity index (χ3n) is 3.76. The maximum atomic E-state index is 11.9. The second-order valence-electron chi connectivity index (χ2n) is 5.14. The predicted molar refractivity (Wildman–Crippen MR) is 70.3 cm³/mol. The van der Waals surface area contributed by atoms with Gasteiger partial charge in [0, 0.05) is 12.6 Å². The van der Waals surface area contributed by atoms with Gasteiger partial charge in [0.05, 0.1) is 5.41 Å². The molecule has 1 amide bonds. The van der Waals surface area contributed by atoms with Gasteiger partial charge in [-0.25, -0.2) is 5.10 Å². The molecule has 1 aromatic heterocycles. The van der Waals surface area contributed by atoms with Crippen molar-refractivity contribution >= 4 is 11.9 Å². The van der Waals surface area contributed by atoms with Crippen molar-refractivity contribution in [1.82, 2.24) is 15.5 Å². The van der Waals surface area contributed by atoms with Crippen LogP contribution in [0.4, 0.5) is 0 Å². The molecule has 7 heteroatoms. The molecule has 0 saturated heterocycles. The van der Waals surface area contributed by atoms with Crippen LogP contribution < -0.4 is 10.9 Å². The number of aromatic amines is 1. The average Bonchev–Trinajstić information content (AvgIpc) is 2.46. The van der Waals surface area contributed by atoms with Gasteiger partial charge in [-0.05, 0) is 18.9 Å². The molecule has 1 heterocycles. The molecular formula is C13H17N3O4. The molecule has 7 nitrogen and oxygen atoms in total. The molecule has 0 bridgehead atoms. The Kier molecular flexibility index (Phi) is 4.16. The van der Waals surface area contributed by atoms with E-state index >= 15 is 0 Å². The lowest BCUT2D eigenvalue weighted by atomic mass is 9.74. The van der Waals surface area contributed by atoms with E-state index < -0.39 is 22.9 Å². The smallest absolute Gasteiger partial charge is 0.311 e. The number of nitrogens with one attached hydrogen (secondary N) is 2. The van der Waals surface area contributed by atoms with Crippen molar-refractivity contribution in [2.45, 2.75) is 32.1 Å². The maximum Gasteiger partial charge on any atom is 0.311 e. The third kappa shape index (κ3) is 3.04. The van der Waals surface area contributed by atoms with Crippen LogP contribution in [0, 0.1) is 5.41 Å². The molecule has 3 N–H and O–H groups in total. The van der Waals surface area contributed by atoms with Crippen molar-refractivity contribution in [3.05, 3.63) is 28.2 Å². The van der Waals surface area contributed by atoms with Gasteiger partial charge < -0.3 is 10.4 Å². The highest BCUT2D eigenvalue weighted by Crippen LogP contribution is 2.36. The zero-order valence-corrected chi connectivity index (χ0v) is 11.0. The second kappa shape index (κ2) is 5.85. The molecule has 0 radical (unpaired) electrons. The fourth-order valence-corrected chi connectivity index (χ4v) is 2.51. The molecule has 0 atom stereocenters. The van der Waals surface area contributed by atoms with E-state index in [0.29, 0.717) is 12.8 Å². The van der Waals surface area contributed by atoms with E-state index in [1.165, 1.54) is 12.1 Å². The number of carbonyl (C=O) groups is 2. The summed E-state index contributed by atoms with van der Waals surface area (Å²) in [5.74, 6) is -1.35. The van der Waals surface area contributed by atoms with Crippen LogP contribution in [-0.2, 0) is 4.79 Å². The molecule has 1 aliphatic carbocycles. The Morgan fingerprint density at radius 1 is 1.30 bits per heavy atom. The summed E-state index contributed by atoms with van der Waals surface area (Å²) in [5.41, 5.74) is -1.20. The first kappa shape index (κ1) is 14.2. The van der Waals surface area contributed by atoms with Gasteiger partial charge in [-0.2, -0.15) is 5.10 Å². The van der Waals surface area contributed by atoms with E-state index in [-0.39, 0.29) is 12.2 Å². The maximum absolute atomic E-state index is 11.9. The predicted octanol–water partition coefficient (Wildman–Crippen LogP) is 0.535. The first-order valence-corrected chi connectivity index (χ1v) is 6.61. The van der Waals surface area contributed by atoms with E-state index in [9.17, 15) is 19.5 Å². The first-order valence-electron chi connectivity index (χ1n) is 6.61. The summed E-state index contributed by atoms with van der Waals surface area (Å²) < 4.78 is 0. The average molecular weight is 279 g/mol.